The molecule has 0 aromatic carbocycles. The molecule has 25 heavy (non-hydrogen) atoms. The summed E-state index contributed by atoms with van der Waals surface area (Å²) >= 11 is 0. The zero-order valence-corrected chi connectivity index (χ0v) is 14.5. The Bertz CT molecular complexity index is 767. The van der Waals surface area contributed by atoms with Crippen LogP contribution < -0.4 is 0 Å². The number of carbonyl (C=O) groups is 1. The number of nitrogens with zero attached hydrogens (tertiary/aromatic N) is 3. The Morgan fingerprint density at radius 1 is 1.32 bits per heavy atom. The van der Waals surface area contributed by atoms with Crippen LogP contribution in [0, 0.1) is 0 Å². The van der Waals surface area contributed by atoms with Gasteiger partial charge in [-0.3, -0.25) is 4.79 Å². The number of fused-ring (bicyclic) bond motifs is 2. The van der Waals surface area contributed by atoms with Crippen LogP contribution in [0.3, 0.4) is 0 Å². The molecule has 0 aliphatic carbocycles. The second-order valence-corrected chi connectivity index (χ2v) is 8.43. The van der Waals surface area contributed by atoms with Crippen molar-refractivity contribution in [1.29, 1.82) is 0 Å². The number of imidazole rings is 1. The molecule has 0 atom stereocenters. The lowest BCUT2D eigenvalue weighted by atomic mass is 9.80. The Morgan fingerprint density at radius 2 is 1.96 bits per heavy atom. The first-order valence-corrected chi connectivity index (χ1v) is 9.73. The molecule has 3 rings (SSSR count). The van der Waals surface area contributed by atoms with E-state index in [2.05, 4.69) is 9.97 Å². The number of hydrogen-bond donors (Lipinski definition) is 1. The summed E-state index contributed by atoms with van der Waals surface area (Å²) in [6.45, 7) is 0.408. The van der Waals surface area contributed by atoms with Gasteiger partial charge in [0.1, 0.15) is 6.42 Å². The summed E-state index contributed by atoms with van der Waals surface area (Å²) in [5, 5.41) is 0. The highest BCUT2D eigenvalue weighted by Crippen LogP contribution is 2.43. The third-order valence-corrected chi connectivity index (χ3v) is 6.23. The number of piperidine rings is 1. The minimum absolute atomic E-state index is 0.0627. The first-order valence-electron chi connectivity index (χ1n) is 7.88. The van der Waals surface area contributed by atoms with Crippen LogP contribution in [-0.2, 0) is 26.8 Å². The van der Waals surface area contributed by atoms with Gasteiger partial charge in [-0.25, -0.2) is 13.4 Å². The lowest BCUT2D eigenvalue weighted by Gasteiger charge is -2.49. The van der Waals surface area contributed by atoms with E-state index in [9.17, 15) is 26.4 Å². The maximum atomic E-state index is 12.4. The summed E-state index contributed by atoms with van der Waals surface area (Å²) in [7, 11) is -3.53. The predicted octanol–water partition coefficient (Wildman–Crippen LogP) is 0.997. The van der Waals surface area contributed by atoms with Gasteiger partial charge in [-0.05, 0) is 12.8 Å². The van der Waals surface area contributed by atoms with Gasteiger partial charge < -0.3 is 9.88 Å². The zero-order valence-electron chi connectivity index (χ0n) is 13.6. The summed E-state index contributed by atoms with van der Waals surface area (Å²) < 4.78 is 63.2. The molecule has 0 bridgehead atoms. The zero-order chi connectivity index (χ0) is 18.5. The molecule has 2 aliphatic heterocycles. The highest BCUT2D eigenvalue weighted by atomic mass is 32.2. The van der Waals surface area contributed by atoms with Crippen molar-refractivity contribution in [2.24, 2.45) is 0 Å². The largest absolute Gasteiger partial charge is 0.397 e. The molecule has 2 aliphatic rings. The maximum absolute atomic E-state index is 12.4. The summed E-state index contributed by atoms with van der Waals surface area (Å²) in [4.78, 5) is 20.3. The van der Waals surface area contributed by atoms with E-state index in [1.807, 2.05) is 0 Å². The number of amides is 1. The van der Waals surface area contributed by atoms with Crippen LogP contribution in [0.15, 0.2) is 6.33 Å². The second kappa shape index (κ2) is 5.97. The van der Waals surface area contributed by atoms with Gasteiger partial charge in [0, 0.05) is 31.7 Å². The van der Waals surface area contributed by atoms with Crippen molar-refractivity contribution in [2.45, 2.75) is 37.4 Å². The highest BCUT2D eigenvalue weighted by molar-refractivity contribution is 7.88. The molecule has 0 unspecified atom stereocenters. The minimum atomic E-state index is -4.55. The van der Waals surface area contributed by atoms with E-state index < -0.39 is 34.1 Å². The van der Waals surface area contributed by atoms with Crippen LogP contribution in [0.2, 0.25) is 0 Å². The Morgan fingerprint density at radius 3 is 2.52 bits per heavy atom. The number of halogens is 3. The molecule has 3 heterocycles. The van der Waals surface area contributed by atoms with E-state index in [0.29, 0.717) is 12.1 Å². The number of hydrogen-bond acceptors (Lipinski definition) is 4. The van der Waals surface area contributed by atoms with E-state index in [-0.39, 0.29) is 32.5 Å². The van der Waals surface area contributed by atoms with Crippen LogP contribution in [0.25, 0.3) is 0 Å². The van der Waals surface area contributed by atoms with Gasteiger partial charge in [-0.1, -0.05) is 0 Å². The first kappa shape index (κ1) is 18.2. The molecule has 0 saturated carbocycles. The molecule has 1 saturated heterocycles. The summed E-state index contributed by atoms with van der Waals surface area (Å²) in [6.07, 6.45) is -2.48. The molecule has 1 amide bonds. The topological polar surface area (TPSA) is 86.4 Å². The Hall–Kier alpha value is -1.62. The SMILES string of the molecule is CS(=O)(=O)N1CCc2[nH]cnc2C12CCN(C(=O)CC(F)(F)F)CC2. The van der Waals surface area contributed by atoms with Gasteiger partial charge in [-0.15, -0.1) is 0 Å². The Balaban J connectivity index is 1.85. The Labute approximate surface area is 143 Å². The predicted molar refractivity (Wildman–Crippen MR) is 82.0 cm³/mol. The molecule has 1 N–H and O–H groups in total. The van der Waals surface area contributed by atoms with Crippen molar-refractivity contribution in [2.75, 3.05) is 25.9 Å². The molecule has 11 heteroatoms. The van der Waals surface area contributed by atoms with E-state index in [4.69, 9.17) is 0 Å². The quantitative estimate of drug-likeness (QED) is 0.829. The van der Waals surface area contributed by atoms with Crippen LogP contribution in [0.5, 0.6) is 0 Å². The molecule has 7 nitrogen and oxygen atoms in total. The number of aromatic nitrogens is 2. The number of likely N-dealkylation sites (tertiary alicyclic amines) is 1. The fourth-order valence-corrected chi connectivity index (χ4v) is 5.16. The number of carbonyl (C=O) groups excluding carboxylic acids is 1. The summed E-state index contributed by atoms with van der Waals surface area (Å²) in [5.74, 6) is -0.980. The minimum Gasteiger partial charge on any atom is -0.348 e. The maximum Gasteiger partial charge on any atom is 0.397 e. The average molecular weight is 380 g/mol. The van der Waals surface area contributed by atoms with Crippen molar-refractivity contribution in [1.82, 2.24) is 19.2 Å². The molecule has 1 aromatic rings. The van der Waals surface area contributed by atoms with Crippen molar-refractivity contribution in [3.8, 4) is 0 Å². The van der Waals surface area contributed by atoms with Gasteiger partial charge in [0.2, 0.25) is 15.9 Å². The van der Waals surface area contributed by atoms with Gasteiger partial charge in [0.05, 0.1) is 23.8 Å². The third-order valence-electron chi connectivity index (χ3n) is 4.90. The highest BCUT2D eigenvalue weighted by Gasteiger charge is 2.51. The van der Waals surface area contributed by atoms with E-state index in [1.54, 1.807) is 0 Å². The first-order chi connectivity index (χ1) is 11.5. The van der Waals surface area contributed by atoms with Crippen molar-refractivity contribution in [3.63, 3.8) is 0 Å². The molecule has 1 aromatic heterocycles. The number of alkyl halides is 3. The molecule has 1 spiro atoms. The third kappa shape index (κ3) is 3.39. The number of aromatic amines is 1. The van der Waals surface area contributed by atoms with E-state index in [0.717, 1.165) is 16.8 Å². The second-order valence-electron chi connectivity index (χ2n) is 6.52. The van der Waals surface area contributed by atoms with Crippen LogP contribution in [0.1, 0.15) is 30.7 Å². The Kier molecular flexibility index (Phi) is 4.34. The van der Waals surface area contributed by atoms with Crippen LogP contribution >= 0.6 is 0 Å². The van der Waals surface area contributed by atoms with Crippen molar-refractivity contribution in [3.05, 3.63) is 17.7 Å². The number of rotatable bonds is 2. The van der Waals surface area contributed by atoms with Gasteiger partial charge >= 0.3 is 6.18 Å². The number of H-pyrrole nitrogens is 1. The monoisotopic (exact) mass is 380 g/mol. The van der Waals surface area contributed by atoms with Crippen molar-refractivity contribution < 1.29 is 26.4 Å². The number of nitrogens with one attached hydrogen (secondary N) is 1. The summed E-state index contributed by atoms with van der Waals surface area (Å²) in [6, 6.07) is 0. The molecular weight excluding hydrogens is 361 g/mol. The smallest absolute Gasteiger partial charge is 0.348 e. The summed E-state index contributed by atoms with van der Waals surface area (Å²) in [5.41, 5.74) is 0.554. The average Bonchev–Trinajstić information content (AvgIpc) is 2.95. The normalized spacial score (nSPS) is 21.4. The van der Waals surface area contributed by atoms with Crippen LogP contribution in [0.4, 0.5) is 13.2 Å². The standard InChI is InChI=1S/C14H19F3N4O3S/c1-25(23,24)21-5-2-10-12(19-9-18-10)13(21)3-6-20(7-4-13)11(22)8-14(15,16)17/h9H,2-8H2,1H3,(H,18,19). The molecular formula is C14H19F3N4O3S. The van der Waals surface area contributed by atoms with Crippen LogP contribution in [-0.4, -0.2) is 65.6 Å². The van der Waals surface area contributed by atoms with Gasteiger partial charge in [0.15, 0.2) is 0 Å². The lowest BCUT2D eigenvalue weighted by Crippen LogP contribution is -2.58. The van der Waals surface area contributed by atoms with Gasteiger partial charge in [-0.2, -0.15) is 17.5 Å². The van der Waals surface area contributed by atoms with Gasteiger partial charge in [0.25, 0.3) is 0 Å². The van der Waals surface area contributed by atoms with Crippen molar-refractivity contribution >= 4 is 15.9 Å². The fraction of sp³-hybridized carbons (Fsp3) is 0.714. The fourth-order valence-electron chi connectivity index (χ4n) is 3.84. The molecule has 140 valence electrons. The van der Waals surface area contributed by atoms with E-state index in [1.165, 1.54) is 10.6 Å². The molecule has 1 fully saturated rings. The van der Waals surface area contributed by atoms with E-state index >= 15 is 0 Å². The lowest BCUT2D eigenvalue weighted by molar-refractivity contribution is -0.163. The molecule has 0 radical (unpaired) electrons. The number of sulfonamides is 1.